The molecule has 1 rings (SSSR count). The average Bonchev–Trinajstić information content (AvgIpc) is 2.28. The second-order valence-electron chi connectivity index (χ2n) is 5.45. The Hall–Kier alpha value is -0.610. The zero-order chi connectivity index (χ0) is 12.9. The van der Waals surface area contributed by atoms with E-state index in [9.17, 15) is 4.79 Å². The fourth-order valence-electron chi connectivity index (χ4n) is 2.50. The van der Waals surface area contributed by atoms with E-state index in [0.29, 0.717) is 12.5 Å². The Morgan fingerprint density at radius 1 is 1.53 bits per heavy atom. The molecule has 0 bridgehead atoms. The summed E-state index contributed by atoms with van der Waals surface area (Å²) in [6.07, 6.45) is 6.73. The van der Waals surface area contributed by atoms with Gasteiger partial charge in [0.05, 0.1) is 0 Å². The van der Waals surface area contributed by atoms with Crippen molar-refractivity contribution in [3.8, 4) is 0 Å². The van der Waals surface area contributed by atoms with E-state index in [1.54, 1.807) is 6.92 Å². The second-order valence-corrected chi connectivity index (χ2v) is 5.45. The Balaban J connectivity index is 2.45. The van der Waals surface area contributed by atoms with E-state index in [1.807, 2.05) is 0 Å². The topological polar surface area (TPSA) is 66.6 Å². The van der Waals surface area contributed by atoms with Crippen LogP contribution in [0, 0.1) is 0 Å². The summed E-state index contributed by atoms with van der Waals surface area (Å²) in [4.78, 5) is 13.4. The van der Waals surface area contributed by atoms with Crippen LogP contribution < -0.4 is 5.73 Å². The van der Waals surface area contributed by atoms with Gasteiger partial charge in [0.25, 0.3) is 0 Å². The normalized spacial score (nSPS) is 25.5. The third kappa shape index (κ3) is 4.28. The lowest BCUT2D eigenvalue weighted by Crippen LogP contribution is -2.49. The van der Waals surface area contributed by atoms with Crippen LogP contribution in [0.3, 0.4) is 0 Å². The van der Waals surface area contributed by atoms with Gasteiger partial charge in [-0.2, -0.15) is 0 Å². The standard InChI is InChI=1S/C13H26N2O2/c1-3-6-11-7-4-5-9-15(11)10-8-13(2,14)12(16)17/h11H,3-10,14H2,1-2H3,(H,16,17). The highest BCUT2D eigenvalue weighted by Gasteiger charge is 2.30. The molecule has 0 spiro atoms. The molecule has 1 saturated heterocycles. The lowest BCUT2D eigenvalue weighted by molar-refractivity contribution is -0.143. The maximum atomic E-state index is 11.0. The third-order valence-electron chi connectivity index (χ3n) is 3.78. The summed E-state index contributed by atoms with van der Waals surface area (Å²) in [5.74, 6) is -0.901. The quantitative estimate of drug-likeness (QED) is 0.745. The lowest BCUT2D eigenvalue weighted by atomic mass is 9.95. The maximum absolute atomic E-state index is 11.0. The molecule has 0 aromatic heterocycles. The van der Waals surface area contributed by atoms with Gasteiger partial charge in [-0.15, -0.1) is 0 Å². The summed E-state index contributed by atoms with van der Waals surface area (Å²) in [5, 5.41) is 9.00. The molecule has 3 N–H and O–H groups in total. The van der Waals surface area contributed by atoms with Crippen LogP contribution in [0.25, 0.3) is 0 Å². The smallest absolute Gasteiger partial charge is 0.323 e. The molecule has 0 aromatic rings. The predicted molar refractivity (Wildman–Crippen MR) is 69.0 cm³/mol. The molecule has 100 valence electrons. The molecule has 17 heavy (non-hydrogen) atoms. The molecule has 1 fully saturated rings. The van der Waals surface area contributed by atoms with Gasteiger partial charge in [-0.3, -0.25) is 4.79 Å². The van der Waals surface area contributed by atoms with Crippen molar-refractivity contribution in [1.29, 1.82) is 0 Å². The number of carboxylic acids is 1. The number of carboxylic acid groups (broad SMARTS) is 1. The molecule has 1 heterocycles. The number of aliphatic carboxylic acids is 1. The van der Waals surface area contributed by atoms with E-state index in [-0.39, 0.29) is 0 Å². The molecule has 1 aliphatic rings. The molecule has 0 saturated carbocycles. The SMILES string of the molecule is CCCC1CCCCN1CCC(C)(N)C(=O)O. The first-order chi connectivity index (χ1) is 7.97. The Morgan fingerprint density at radius 3 is 2.82 bits per heavy atom. The molecule has 0 radical (unpaired) electrons. The first-order valence-electron chi connectivity index (χ1n) is 6.73. The van der Waals surface area contributed by atoms with Crippen molar-refractivity contribution in [3.63, 3.8) is 0 Å². The van der Waals surface area contributed by atoms with Crippen molar-refractivity contribution in [2.45, 2.75) is 64.0 Å². The van der Waals surface area contributed by atoms with Gasteiger partial charge in [0.1, 0.15) is 5.54 Å². The molecular weight excluding hydrogens is 216 g/mol. The number of likely N-dealkylation sites (tertiary alicyclic amines) is 1. The number of carbonyl (C=O) groups is 1. The summed E-state index contributed by atoms with van der Waals surface area (Å²) in [6.45, 7) is 5.72. The molecular formula is C13H26N2O2. The van der Waals surface area contributed by atoms with Gasteiger partial charge in [-0.05, 0) is 39.2 Å². The molecule has 1 aliphatic heterocycles. The highest BCUT2D eigenvalue weighted by Crippen LogP contribution is 2.22. The third-order valence-corrected chi connectivity index (χ3v) is 3.78. The van der Waals surface area contributed by atoms with Crippen LogP contribution in [0.4, 0.5) is 0 Å². The zero-order valence-electron chi connectivity index (χ0n) is 11.1. The Kier molecular flexibility index (Phi) is 5.40. The highest BCUT2D eigenvalue weighted by atomic mass is 16.4. The number of nitrogens with two attached hydrogens (primary N) is 1. The van der Waals surface area contributed by atoms with Crippen LogP contribution >= 0.6 is 0 Å². The van der Waals surface area contributed by atoms with E-state index in [1.165, 1.54) is 32.1 Å². The van der Waals surface area contributed by atoms with Gasteiger partial charge in [-0.1, -0.05) is 19.8 Å². The van der Waals surface area contributed by atoms with E-state index >= 15 is 0 Å². The monoisotopic (exact) mass is 242 g/mol. The second kappa shape index (κ2) is 6.36. The number of rotatable bonds is 6. The van der Waals surface area contributed by atoms with Gasteiger partial charge in [-0.25, -0.2) is 0 Å². The number of piperidine rings is 1. The van der Waals surface area contributed by atoms with E-state index in [4.69, 9.17) is 10.8 Å². The van der Waals surface area contributed by atoms with Crippen molar-refractivity contribution in [1.82, 2.24) is 4.90 Å². The summed E-state index contributed by atoms with van der Waals surface area (Å²) in [6, 6.07) is 0.637. The van der Waals surface area contributed by atoms with Gasteiger partial charge in [0.15, 0.2) is 0 Å². The van der Waals surface area contributed by atoms with Gasteiger partial charge in [0, 0.05) is 12.6 Å². The summed E-state index contributed by atoms with van der Waals surface area (Å²) >= 11 is 0. The molecule has 2 atom stereocenters. The van der Waals surface area contributed by atoms with E-state index in [0.717, 1.165) is 13.1 Å². The summed E-state index contributed by atoms with van der Waals surface area (Å²) < 4.78 is 0. The number of hydrogen-bond donors (Lipinski definition) is 2. The van der Waals surface area contributed by atoms with Crippen LogP contribution in [-0.2, 0) is 4.79 Å². The van der Waals surface area contributed by atoms with E-state index in [2.05, 4.69) is 11.8 Å². The van der Waals surface area contributed by atoms with Crippen molar-refractivity contribution in [2.24, 2.45) is 5.73 Å². The molecule has 0 amide bonds. The highest BCUT2D eigenvalue weighted by molar-refractivity contribution is 5.77. The zero-order valence-corrected chi connectivity index (χ0v) is 11.1. The molecule has 4 heteroatoms. The van der Waals surface area contributed by atoms with Crippen molar-refractivity contribution in [2.75, 3.05) is 13.1 Å². The van der Waals surface area contributed by atoms with Gasteiger partial charge in [0.2, 0.25) is 0 Å². The van der Waals surface area contributed by atoms with Crippen molar-refractivity contribution >= 4 is 5.97 Å². The predicted octanol–water partition coefficient (Wildman–Crippen LogP) is 1.83. The molecule has 0 aliphatic carbocycles. The first kappa shape index (κ1) is 14.5. The average molecular weight is 242 g/mol. The van der Waals surface area contributed by atoms with Gasteiger partial charge < -0.3 is 15.7 Å². The first-order valence-corrected chi connectivity index (χ1v) is 6.73. The fraction of sp³-hybridized carbons (Fsp3) is 0.923. The largest absolute Gasteiger partial charge is 0.480 e. The Bertz CT molecular complexity index is 252. The fourth-order valence-corrected chi connectivity index (χ4v) is 2.50. The maximum Gasteiger partial charge on any atom is 0.323 e. The minimum Gasteiger partial charge on any atom is -0.480 e. The van der Waals surface area contributed by atoms with Crippen LogP contribution in [0.15, 0.2) is 0 Å². The summed E-state index contributed by atoms with van der Waals surface area (Å²) in [7, 11) is 0. The van der Waals surface area contributed by atoms with Crippen LogP contribution in [-0.4, -0.2) is 40.6 Å². The Labute approximate surface area is 104 Å². The van der Waals surface area contributed by atoms with Crippen LogP contribution in [0.2, 0.25) is 0 Å². The van der Waals surface area contributed by atoms with Gasteiger partial charge >= 0.3 is 5.97 Å². The molecule has 0 aromatic carbocycles. The molecule has 2 unspecified atom stereocenters. The Morgan fingerprint density at radius 2 is 2.24 bits per heavy atom. The van der Waals surface area contributed by atoms with E-state index < -0.39 is 11.5 Å². The van der Waals surface area contributed by atoms with Crippen molar-refractivity contribution < 1.29 is 9.90 Å². The molecule has 4 nitrogen and oxygen atoms in total. The van der Waals surface area contributed by atoms with Crippen LogP contribution in [0.1, 0.15) is 52.4 Å². The van der Waals surface area contributed by atoms with Crippen LogP contribution in [0.5, 0.6) is 0 Å². The number of nitrogens with zero attached hydrogens (tertiary/aromatic N) is 1. The minimum absolute atomic E-state index is 0.530. The lowest BCUT2D eigenvalue weighted by Gasteiger charge is -2.37. The minimum atomic E-state index is -1.09. The van der Waals surface area contributed by atoms with Crippen molar-refractivity contribution in [3.05, 3.63) is 0 Å². The summed E-state index contributed by atoms with van der Waals surface area (Å²) in [5.41, 5.74) is 4.68. The number of hydrogen-bond acceptors (Lipinski definition) is 3.